The molecule has 0 saturated heterocycles. The van der Waals surface area contributed by atoms with Crippen molar-refractivity contribution in [1.29, 1.82) is 0 Å². The van der Waals surface area contributed by atoms with Gasteiger partial charge in [0.2, 0.25) is 0 Å². The lowest BCUT2D eigenvalue weighted by atomic mass is 9.55. The van der Waals surface area contributed by atoms with Crippen LogP contribution in [0.3, 0.4) is 0 Å². The van der Waals surface area contributed by atoms with E-state index in [0.717, 1.165) is 61.7 Å². The van der Waals surface area contributed by atoms with Gasteiger partial charge < -0.3 is 5.11 Å². The fourth-order valence-corrected chi connectivity index (χ4v) is 6.98. The maximum atomic E-state index is 13.8. The highest BCUT2D eigenvalue weighted by Crippen LogP contribution is 2.69. The van der Waals surface area contributed by atoms with Crippen molar-refractivity contribution in [2.24, 2.45) is 10.8 Å². The van der Waals surface area contributed by atoms with E-state index in [1.165, 1.54) is 5.56 Å². The van der Waals surface area contributed by atoms with Gasteiger partial charge >= 0.3 is 0 Å². The topological polar surface area (TPSA) is 37.3 Å². The summed E-state index contributed by atoms with van der Waals surface area (Å²) >= 11 is 0. The Balaban J connectivity index is 1.67. The van der Waals surface area contributed by atoms with Crippen LogP contribution in [0.2, 0.25) is 0 Å². The summed E-state index contributed by atoms with van der Waals surface area (Å²) in [5, 5.41) is 12.7. The number of aliphatic hydroxyl groups is 1. The molecule has 2 saturated carbocycles. The molecule has 3 aliphatic carbocycles. The first-order chi connectivity index (χ1) is 14.0. The summed E-state index contributed by atoms with van der Waals surface area (Å²) < 4.78 is 0. The maximum absolute atomic E-state index is 13.8. The van der Waals surface area contributed by atoms with E-state index in [9.17, 15) is 9.90 Å². The summed E-state index contributed by atoms with van der Waals surface area (Å²) in [5.41, 5.74) is 2.35. The van der Waals surface area contributed by atoms with E-state index >= 15 is 0 Å². The summed E-state index contributed by atoms with van der Waals surface area (Å²) in [6, 6.07) is 20.9. The van der Waals surface area contributed by atoms with Crippen LogP contribution in [0.25, 0.3) is 0 Å². The molecule has 2 fully saturated rings. The van der Waals surface area contributed by atoms with Crippen LogP contribution in [0, 0.1) is 10.8 Å². The van der Waals surface area contributed by atoms with Crippen LogP contribution in [0.4, 0.5) is 0 Å². The van der Waals surface area contributed by atoms with E-state index in [2.05, 4.69) is 36.4 Å². The first kappa shape index (κ1) is 18.8. The van der Waals surface area contributed by atoms with Crippen LogP contribution in [0.1, 0.15) is 56.6 Å². The Labute approximate surface area is 173 Å². The number of rotatable bonds is 4. The minimum absolute atomic E-state index is 0.206. The van der Waals surface area contributed by atoms with Gasteiger partial charge in [-0.05, 0) is 67.7 Å². The second-order valence-corrected chi connectivity index (χ2v) is 9.54. The zero-order valence-electron chi connectivity index (χ0n) is 17.3. The SMILES string of the molecule is CC1=C2CC[C@@]3(Cc4ccccc4)CCCC[C@@](Cc4ccccc4)(C1=O)[C@@]23O. The summed E-state index contributed by atoms with van der Waals surface area (Å²) in [6.45, 7) is 1.97. The van der Waals surface area contributed by atoms with Crippen molar-refractivity contribution in [3.05, 3.63) is 82.9 Å². The summed E-state index contributed by atoms with van der Waals surface area (Å²) in [5.74, 6) is 0.206. The quantitative estimate of drug-likeness (QED) is 0.759. The minimum atomic E-state index is -1.02. The van der Waals surface area contributed by atoms with Gasteiger partial charge in [0.05, 0.1) is 5.41 Å². The Morgan fingerprint density at radius 3 is 2.07 bits per heavy atom. The number of carbonyl (C=O) groups is 1. The van der Waals surface area contributed by atoms with Crippen molar-refractivity contribution in [2.75, 3.05) is 0 Å². The van der Waals surface area contributed by atoms with Crippen molar-refractivity contribution in [2.45, 2.75) is 63.9 Å². The fraction of sp³-hybridized carbons (Fsp3) is 0.444. The third kappa shape index (κ3) is 2.48. The van der Waals surface area contributed by atoms with Gasteiger partial charge in [0, 0.05) is 5.41 Å². The molecule has 2 nitrogen and oxygen atoms in total. The molecule has 0 bridgehead atoms. The number of ketones is 1. The van der Waals surface area contributed by atoms with Gasteiger partial charge in [-0.15, -0.1) is 0 Å². The predicted octanol–water partition coefficient (Wildman–Crippen LogP) is 5.44. The van der Waals surface area contributed by atoms with Gasteiger partial charge in [-0.25, -0.2) is 0 Å². The molecule has 29 heavy (non-hydrogen) atoms. The van der Waals surface area contributed by atoms with Gasteiger partial charge in [-0.3, -0.25) is 4.79 Å². The smallest absolute Gasteiger partial charge is 0.168 e. The summed E-state index contributed by atoms with van der Waals surface area (Å²) in [4.78, 5) is 13.8. The first-order valence-corrected chi connectivity index (χ1v) is 11.1. The lowest BCUT2D eigenvalue weighted by Gasteiger charge is -2.50. The zero-order valence-corrected chi connectivity index (χ0v) is 17.3. The van der Waals surface area contributed by atoms with E-state index in [1.54, 1.807) is 0 Å². The summed E-state index contributed by atoms with van der Waals surface area (Å²) in [7, 11) is 0. The molecule has 2 aromatic rings. The number of benzene rings is 2. The Kier molecular flexibility index (Phi) is 4.33. The van der Waals surface area contributed by atoms with Crippen LogP contribution in [-0.2, 0) is 17.6 Å². The van der Waals surface area contributed by atoms with E-state index in [1.807, 2.05) is 31.2 Å². The largest absolute Gasteiger partial charge is 0.384 e. The van der Waals surface area contributed by atoms with Crippen LogP contribution >= 0.6 is 0 Å². The number of Topliss-reactive ketones (excluding diaryl/α,β-unsaturated/α-hetero) is 1. The van der Waals surface area contributed by atoms with Crippen molar-refractivity contribution in [3.8, 4) is 0 Å². The van der Waals surface area contributed by atoms with E-state index < -0.39 is 11.0 Å². The molecule has 1 N–H and O–H groups in total. The number of carbonyl (C=O) groups excluding carboxylic acids is 1. The Bertz CT molecular complexity index is 961. The van der Waals surface area contributed by atoms with Crippen LogP contribution < -0.4 is 0 Å². The average Bonchev–Trinajstić information content (AvgIpc) is 3.05. The molecule has 2 heteroatoms. The molecule has 0 amide bonds. The molecule has 2 aromatic carbocycles. The molecule has 0 aliphatic heterocycles. The molecule has 3 aliphatic rings. The molecular weight excluding hydrogens is 356 g/mol. The van der Waals surface area contributed by atoms with Gasteiger partial charge in [0.25, 0.3) is 0 Å². The molecule has 0 aromatic heterocycles. The zero-order chi connectivity index (χ0) is 20.1. The molecule has 0 heterocycles. The lowest BCUT2D eigenvalue weighted by Crippen LogP contribution is -2.59. The highest BCUT2D eigenvalue weighted by molar-refractivity contribution is 6.05. The third-order valence-corrected chi connectivity index (χ3v) is 8.22. The van der Waals surface area contributed by atoms with Crippen LogP contribution in [0.5, 0.6) is 0 Å². The number of allylic oxidation sites excluding steroid dienone is 1. The van der Waals surface area contributed by atoms with E-state index in [0.29, 0.717) is 6.42 Å². The Morgan fingerprint density at radius 2 is 1.41 bits per heavy atom. The van der Waals surface area contributed by atoms with Gasteiger partial charge in [-0.1, -0.05) is 73.5 Å². The minimum Gasteiger partial charge on any atom is -0.384 e. The number of hydrogen-bond acceptors (Lipinski definition) is 2. The molecule has 3 atom stereocenters. The highest BCUT2D eigenvalue weighted by atomic mass is 16.3. The van der Waals surface area contributed by atoms with Gasteiger partial charge in [0.1, 0.15) is 5.60 Å². The monoisotopic (exact) mass is 386 g/mol. The van der Waals surface area contributed by atoms with Crippen LogP contribution in [0.15, 0.2) is 71.8 Å². The van der Waals surface area contributed by atoms with Crippen molar-refractivity contribution >= 4 is 5.78 Å². The second kappa shape index (κ2) is 6.67. The number of hydrogen-bond donors (Lipinski definition) is 1. The summed E-state index contributed by atoms with van der Waals surface area (Å²) in [6.07, 6.45) is 7.22. The Morgan fingerprint density at radius 1 is 0.828 bits per heavy atom. The molecule has 5 rings (SSSR count). The fourth-order valence-electron chi connectivity index (χ4n) is 6.98. The van der Waals surface area contributed by atoms with Gasteiger partial charge in [-0.2, -0.15) is 0 Å². The molecule has 0 spiro atoms. The average molecular weight is 387 g/mol. The highest BCUT2D eigenvalue weighted by Gasteiger charge is 2.72. The van der Waals surface area contributed by atoms with Crippen molar-refractivity contribution < 1.29 is 9.90 Å². The second-order valence-electron chi connectivity index (χ2n) is 9.54. The lowest BCUT2D eigenvalue weighted by molar-refractivity contribution is -0.152. The predicted molar refractivity (Wildman–Crippen MR) is 116 cm³/mol. The van der Waals surface area contributed by atoms with E-state index in [4.69, 9.17) is 0 Å². The van der Waals surface area contributed by atoms with Crippen molar-refractivity contribution in [3.63, 3.8) is 0 Å². The van der Waals surface area contributed by atoms with Crippen LogP contribution in [-0.4, -0.2) is 16.5 Å². The third-order valence-electron chi connectivity index (χ3n) is 8.22. The van der Waals surface area contributed by atoms with Crippen molar-refractivity contribution in [1.82, 2.24) is 0 Å². The Hall–Kier alpha value is -2.19. The molecular formula is C27H30O2. The normalized spacial score (nSPS) is 33.7. The maximum Gasteiger partial charge on any atom is 0.168 e. The molecule has 0 radical (unpaired) electrons. The van der Waals surface area contributed by atoms with Gasteiger partial charge in [0.15, 0.2) is 5.78 Å². The molecule has 150 valence electrons. The van der Waals surface area contributed by atoms with E-state index in [-0.39, 0.29) is 11.2 Å². The molecule has 0 unspecified atom stereocenters. The standard InChI is InChI=1S/C27H30O2/c1-20-23-14-17-25(18-21-10-4-2-5-11-21)15-8-9-16-26(24(20)28,27(23,25)29)19-22-12-6-3-7-13-22/h2-7,10-13,29H,8-9,14-19H2,1H3/t25-,26-,27-/m1/s1. The first-order valence-electron chi connectivity index (χ1n) is 11.1.